The average Bonchev–Trinajstić information content (AvgIpc) is 2.22. The first-order valence-electron chi connectivity index (χ1n) is 5.63. The zero-order valence-electron chi connectivity index (χ0n) is 10.6. The van der Waals surface area contributed by atoms with Crippen LogP contribution in [0.4, 0.5) is 4.79 Å². The molecule has 5 nitrogen and oxygen atoms in total. The summed E-state index contributed by atoms with van der Waals surface area (Å²) in [6.07, 6.45) is 2.19. The van der Waals surface area contributed by atoms with Gasteiger partial charge in [-0.2, -0.15) is 0 Å². The van der Waals surface area contributed by atoms with Gasteiger partial charge >= 0.3 is 6.03 Å². The molecule has 17 heavy (non-hydrogen) atoms. The summed E-state index contributed by atoms with van der Waals surface area (Å²) in [5, 5.41) is 4.35. The van der Waals surface area contributed by atoms with Crippen LogP contribution in [0.3, 0.4) is 0 Å². The number of barbiturate groups is 1. The Bertz CT molecular complexity index is 377. The second kappa shape index (κ2) is 4.69. The van der Waals surface area contributed by atoms with Gasteiger partial charge in [0.05, 0.1) is 0 Å². The Balaban J connectivity index is 3.18. The summed E-state index contributed by atoms with van der Waals surface area (Å²) >= 11 is 0. The van der Waals surface area contributed by atoms with E-state index in [9.17, 15) is 14.4 Å². The van der Waals surface area contributed by atoms with Gasteiger partial charge in [-0.25, -0.2) is 4.79 Å². The van der Waals surface area contributed by atoms with Gasteiger partial charge in [-0.1, -0.05) is 25.5 Å². The molecule has 0 unspecified atom stereocenters. The maximum Gasteiger partial charge on any atom is 0.328 e. The zero-order valence-corrected chi connectivity index (χ0v) is 10.6. The third kappa shape index (κ3) is 2.23. The highest BCUT2D eigenvalue weighted by molar-refractivity contribution is 6.19. The van der Waals surface area contributed by atoms with Crippen LogP contribution in [-0.2, 0) is 9.59 Å². The second-order valence-corrected chi connectivity index (χ2v) is 4.68. The smallest absolute Gasteiger partial charge is 0.277 e. The quantitative estimate of drug-likeness (QED) is 0.575. The summed E-state index contributed by atoms with van der Waals surface area (Å²) < 4.78 is 0. The predicted octanol–water partition coefficient (Wildman–Crippen LogP) is 1.35. The Hall–Kier alpha value is -1.65. The van der Waals surface area contributed by atoms with Crippen molar-refractivity contribution in [1.29, 1.82) is 0 Å². The Kier molecular flexibility index (Phi) is 3.70. The number of nitrogens with one attached hydrogen (secondary N) is 2. The molecule has 0 aliphatic carbocycles. The molecule has 0 spiro atoms. The van der Waals surface area contributed by atoms with Gasteiger partial charge in [-0.15, -0.1) is 0 Å². The molecule has 2 N–H and O–H groups in total. The van der Waals surface area contributed by atoms with Crippen LogP contribution < -0.4 is 10.6 Å². The highest BCUT2D eigenvalue weighted by Crippen LogP contribution is 2.36. The topological polar surface area (TPSA) is 75.3 Å². The first-order chi connectivity index (χ1) is 7.84. The van der Waals surface area contributed by atoms with Crippen LogP contribution in [0, 0.1) is 11.3 Å². The molecule has 0 aromatic rings. The molecule has 1 rings (SSSR count). The van der Waals surface area contributed by atoms with E-state index in [2.05, 4.69) is 10.6 Å². The van der Waals surface area contributed by atoms with Gasteiger partial charge in [0, 0.05) is 0 Å². The van der Waals surface area contributed by atoms with Crippen molar-refractivity contribution in [1.82, 2.24) is 10.6 Å². The van der Waals surface area contributed by atoms with Crippen molar-refractivity contribution in [2.24, 2.45) is 11.3 Å². The lowest BCUT2D eigenvalue weighted by Gasteiger charge is -2.37. The molecule has 0 aromatic heterocycles. The fourth-order valence-electron chi connectivity index (χ4n) is 1.99. The van der Waals surface area contributed by atoms with E-state index in [1.54, 1.807) is 13.8 Å². The van der Waals surface area contributed by atoms with E-state index >= 15 is 0 Å². The van der Waals surface area contributed by atoms with Crippen molar-refractivity contribution in [2.45, 2.75) is 34.1 Å². The fourth-order valence-corrected chi connectivity index (χ4v) is 1.99. The SMILES string of the molecule is C/C=C(/C)CC1(C(C)C)C(=O)NC(=O)NC1=O. The number of imide groups is 2. The maximum absolute atomic E-state index is 12.0. The third-order valence-electron chi connectivity index (χ3n) is 3.30. The number of carbonyl (C=O) groups excluding carboxylic acids is 3. The van der Waals surface area contributed by atoms with E-state index in [4.69, 9.17) is 0 Å². The number of hydrogen-bond donors (Lipinski definition) is 2. The molecule has 4 amide bonds. The van der Waals surface area contributed by atoms with Gasteiger partial charge in [-0.05, 0) is 26.2 Å². The summed E-state index contributed by atoms with van der Waals surface area (Å²) in [5.74, 6) is -1.21. The largest absolute Gasteiger partial charge is 0.328 e. The van der Waals surface area contributed by atoms with Crippen LogP contribution in [-0.4, -0.2) is 17.8 Å². The third-order valence-corrected chi connectivity index (χ3v) is 3.30. The predicted molar refractivity (Wildman–Crippen MR) is 63.0 cm³/mol. The van der Waals surface area contributed by atoms with E-state index < -0.39 is 23.3 Å². The first kappa shape index (κ1) is 13.4. The zero-order chi connectivity index (χ0) is 13.2. The molecular formula is C12H18N2O3. The van der Waals surface area contributed by atoms with E-state index in [1.807, 2.05) is 19.9 Å². The van der Waals surface area contributed by atoms with Crippen molar-refractivity contribution < 1.29 is 14.4 Å². The summed E-state index contributed by atoms with van der Waals surface area (Å²) in [7, 11) is 0. The Morgan fingerprint density at radius 2 is 1.71 bits per heavy atom. The second-order valence-electron chi connectivity index (χ2n) is 4.68. The van der Waals surface area contributed by atoms with Gasteiger partial charge in [0.25, 0.3) is 0 Å². The van der Waals surface area contributed by atoms with Crippen LogP contribution in [0.25, 0.3) is 0 Å². The molecule has 1 fully saturated rings. The number of hydrogen-bond acceptors (Lipinski definition) is 3. The Morgan fingerprint density at radius 3 is 2.06 bits per heavy atom. The lowest BCUT2D eigenvalue weighted by Crippen LogP contribution is -2.64. The van der Waals surface area contributed by atoms with E-state index in [0.29, 0.717) is 6.42 Å². The standard InChI is InChI=1S/C12H18N2O3/c1-5-8(4)6-12(7(2)3)9(15)13-11(17)14-10(12)16/h5,7H,6H2,1-4H3,(H2,13,14,15,16,17)/b8-5-. The number of urea groups is 1. The first-order valence-corrected chi connectivity index (χ1v) is 5.63. The van der Waals surface area contributed by atoms with Crippen LogP contribution in [0.5, 0.6) is 0 Å². The van der Waals surface area contributed by atoms with Crippen molar-refractivity contribution in [3.05, 3.63) is 11.6 Å². The van der Waals surface area contributed by atoms with E-state index in [0.717, 1.165) is 5.57 Å². The van der Waals surface area contributed by atoms with Gasteiger partial charge in [0.2, 0.25) is 11.8 Å². The lowest BCUT2D eigenvalue weighted by molar-refractivity contribution is -0.147. The normalized spacial score (nSPS) is 20.3. The highest BCUT2D eigenvalue weighted by atomic mass is 16.2. The molecule has 0 aromatic carbocycles. The molecule has 0 atom stereocenters. The maximum atomic E-state index is 12.0. The minimum absolute atomic E-state index is 0.189. The summed E-state index contributed by atoms with van der Waals surface area (Å²) in [6, 6.07) is -0.741. The van der Waals surface area contributed by atoms with Crippen molar-refractivity contribution in [2.75, 3.05) is 0 Å². The minimum Gasteiger partial charge on any atom is -0.277 e. The molecule has 0 bridgehead atoms. The summed E-state index contributed by atoms with van der Waals surface area (Å²) in [6.45, 7) is 7.32. The molecule has 1 aliphatic heterocycles. The Morgan fingerprint density at radius 1 is 1.24 bits per heavy atom. The summed E-state index contributed by atoms with van der Waals surface area (Å²) in [4.78, 5) is 35.1. The van der Waals surface area contributed by atoms with Gasteiger partial charge in [-0.3, -0.25) is 20.2 Å². The van der Waals surface area contributed by atoms with Gasteiger partial charge in [0.1, 0.15) is 5.41 Å². The molecule has 1 heterocycles. The number of allylic oxidation sites excluding steroid dienone is 2. The minimum atomic E-state index is -1.19. The van der Waals surface area contributed by atoms with Crippen molar-refractivity contribution >= 4 is 17.8 Å². The van der Waals surface area contributed by atoms with Crippen LogP contribution in [0.15, 0.2) is 11.6 Å². The van der Waals surface area contributed by atoms with Gasteiger partial charge in [0.15, 0.2) is 0 Å². The van der Waals surface area contributed by atoms with Crippen LogP contribution in [0.2, 0.25) is 0 Å². The average molecular weight is 238 g/mol. The van der Waals surface area contributed by atoms with Gasteiger partial charge < -0.3 is 0 Å². The van der Waals surface area contributed by atoms with Crippen LogP contribution in [0.1, 0.15) is 34.1 Å². The number of amides is 4. The molecule has 0 saturated carbocycles. The van der Waals surface area contributed by atoms with Crippen molar-refractivity contribution in [3.8, 4) is 0 Å². The highest BCUT2D eigenvalue weighted by Gasteiger charge is 2.52. The van der Waals surface area contributed by atoms with E-state index in [-0.39, 0.29) is 5.92 Å². The molecule has 94 valence electrons. The fraction of sp³-hybridized carbons (Fsp3) is 0.583. The van der Waals surface area contributed by atoms with E-state index in [1.165, 1.54) is 0 Å². The monoisotopic (exact) mass is 238 g/mol. The van der Waals surface area contributed by atoms with Crippen LogP contribution >= 0.6 is 0 Å². The molecular weight excluding hydrogens is 220 g/mol. The Labute approximate surface area is 101 Å². The molecule has 1 saturated heterocycles. The summed E-state index contributed by atoms with van der Waals surface area (Å²) in [5.41, 5.74) is -0.247. The molecule has 0 radical (unpaired) electrons. The number of carbonyl (C=O) groups is 3. The number of rotatable bonds is 3. The molecule has 1 aliphatic rings. The molecule has 5 heteroatoms. The lowest BCUT2D eigenvalue weighted by atomic mass is 9.70. The van der Waals surface area contributed by atoms with Crippen molar-refractivity contribution in [3.63, 3.8) is 0 Å².